The highest BCUT2D eigenvalue weighted by Gasteiger charge is 2.34. The van der Waals surface area contributed by atoms with Crippen molar-refractivity contribution in [1.82, 2.24) is 4.90 Å². The van der Waals surface area contributed by atoms with Crippen molar-refractivity contribution in [2.75, 3.05) is 7.11 Å². The number of rotatable bonds is 1. The molecule has 2 heterocycles. The van der Waals surface area contributed by atoms with Crippen LogP contribution < -0.4 is 0 Å². The summed E-state index contributed by atoms with van der Waals surface area (Å²) in [7, 11) is 1.28. The van der Waals surface area contributed by atoms with Gasteiger partial charge >= 0.3 is 5.97 Å². The molecule has 2 aliphatic rings. The van der Waals surface area contributed by atoms with E-state index in [1.54, 1.807) is 23.3 Å². The van der Waals surface area contributed by atoms with Crippen molar-refractivity contribution in [3.05, 3.63) is 23.4 Å². The van der Waals surface area contributed by atoms with Crippen LogP contribution in [-0.4, -0.2) is 35.8 Å². The summed E-state index contributed by atoms with van der Waals surface area (Å²) in [6, 6.07) is -0.677. The third kappa shape index (κ3) is 1.86. The summed E-state index contributed by atoms with van der Waals surface area (Å²) < 4.78 is 4.64. The molecular formula is C10H9ClN2O3. The lowest BCUT2D eigenvalue weighted by Crippen LogP contribution is -2.47. The Balaban J connectivity index is 2.36. The molecule has 0 saturated carbocycles. The van der Waals surface area contributed by atoms with Crippen LogP contribution in [0.2, 0.25) is 0 Å². The third-order valence-corrected chi connectivity index (χ3v) is 2.56. The number of nitrogens with zero attached hydrogens (tertiary/aromatic N) is 2. The highest BCUT2D eigenvalue weighted by atomic mass is 35.5. The van der Waals surface area contributed by atoms with Gasteiger partial charge in [-0.3, -0.25) is 4.79 Å². The molecule has 0 radical (unpaired) electrons. The Bertz CT molecular complexity index is 439. The van der Waals surface area contributed by atoms with Crippen LogP contribution in [0.5, 0.6) is 0 Å². The van der Waals surface area contributed by atoms with Gasteiger partial charge in [0, 0.05) is 6.20 Å². The molecule has 2 aliphatic heterocycles. The summed E-state index contributed by atoms with van der Waals surface area (Å²) in [6.07, 6.45) is 4.78. The van der Waals surface area contributed by atoms with Gasteiger partial charge < -0.3 is 9.64 Å². The Morgan fingerprint density at radius 3 is 3.06 bits per heavy atom. The lowest BCUT2D eigenvalue weighted by atomic mass is 10.1. The van der Waals surface area contributed by atoms with E-state index in [-0.39, 0.29) is 12.3 Å². The lowest BCUT2D eigenvalue weighted by molar-refractivity contribution is -0.146. The van der Waals surface area contributed by atoms with Crippen LogP contribution in [0.4, 0.5) is 0 Å². The largest absolute Gasteiger partial charge is 0.467 e. The highest BCUT2D eigenvalue weighted by molar-refractivity contribution is 6.32. The number of ether oxygens (including phenoxy) is 1. The maximum absolute atomic E-state index is 11.5. The topological polar surface area (TPSA) is 59.0 Å². The molecule has 1 amide bonds. The standard InChI is InChI=1S/C10H9ClN2O3/c1-16-10(15)7-4-9(14)12-8-3-2-6(11)5-13(7)8/h2-3,5,7H,4H2,1H3/t7-/m0/s1. The van der Waals surface area contributed by atoms with E-state index in [4.69, 9.17) is 11.6 Å². The molecule has 16 heavy (non-hydrogen) atoms. The summed E-state index contributed by atoms with van der Waals surface area (Å²) in [5, 5.41) is 0.474. The van der Waals surface area contributed by atoms with E-state index in [9.17, 15) is 9.59 Å². The first-order valence-corrected chi connectivity index (χ1v) is 5.02. The average Bonchev–Trinajstić information content (AvgIpc) is 2.27. The number of amides is 1. The first kappa shape index (κ1) is 10.9. The van der Waals surface area contributed by atoms with Crippen LogP contribution in [0.25, 0.3) is 0 Å². The van der Waals surface area contributed by atoms with Crippen LogP contribution in [0.15, 0.2) is 28.4 Å². The molecular weight excluding hydrogens is 232 g/mol. The molecule has 0 saturated heterocycles. The maximum atomic E-state index is 11.5. The molecule has 0 unspecified atom stereocenters. The third-order valence-electron chi connectivity index (χ3n) is 2.33. The Morgan fingerprint density at radius 1 is 1.62 bits per heavy atom. The van der Waals surface area contributed by atoms with Crippen LogP contribution in [-0.2, 0) is 14.3 Å². The molecule has 0 spiro atoms. The molecule has 0 aromatic carbocycles. The molecule has 6 heteroatoms. The normalized spacial score (nSPS) is 23.5. The molecule has 0 N–H and O–H groups in total. The minimum atomic E-state index is -0.677. The van der Waals surface area contributed by atoms with E-state index in [1.807, 2.05) is 0 Å². The Morgan fingerprint density at radius 2 is 2.38 bits per heavy atom. The summed E-state index contributed by atoms with van der Waals surface area (Å²) in [5.74, 6) is -0.398. The Kier molecular flexibility index (Phi) is 2.78. The fourth-order valence-corrected chi connectivity index (χ4v) is 1.77. The van der Waals surface area contributed by atoms with Gasteiger partial charge in [-0.15, -0.1) is 0 Å². The van der Waals surface area contributed by atoms with Gasteiger partial charge in [0.1, 0.15) is 11.9 Å². The number of methoxy groups -OCH3 is 1. The molecule has 5 nitrogen and oxygen atoms in total. The number of hydrogen-bond donors (Lipinski definition) is 0. The molecule has 0 aromatic rings. The van der Waals surface area contributed by atoms with Crippen molar-refractivity contribution in [3.8, 4) is 0 Å². The van der Waals surface area contributed by atoms with Crippen LogP contribution in [0, 0.1) is 0 Å². The summed E-state index contributed by atoms with van der Waals surface area (Å²) >= 11 is 5.83. The molecule has 0 aliphatic carbocycles. The van der Waals surface area contributed by atoms with Gasteiger partial charge in [-0.1, -0.05) is 11.6 Å². The second-order valence-electron chi connectivity index (χ2n) is 3.36. The summed E-state index contributed by atoms with van der Waals surface area (Å²) in [4.78, 5) is 28.2. The Labute approximate surface area is 97.0 Å². The van der Waals surface area contributed by atoms with E-state index in [2.05, 4.69) is 9.73 Å². The van der Waals surface area contributed by atoms with Crippen molar-refractivity contribution in [1.29, 1.82) is 0 Å². The van der Waals surface area contributed by atoms with Gasteiger partial charge in [0.25, 0.3) is 0 Å². The zero-order chi connectivity index (χ0) is 11.7. The van der Waals surface area contributed by atoms with Gasteiger partial charge in [0.15, 0.2) is 0 Å². The first-order valence-electron chi connectivity index (χ1n) is 4.65. The number of amidine groups is 1. The van der Waals surface area contributed by atoms with Crippen molar-refractivity contribution in [3.63, 3.8) is 0 Å². The number of hydrogen-bond acceptors (Lipinski definition) is 4. The van der Waals surface area contributed by atoms with Crippen LogP contribution in [0.1, 0.15) is 6.42 Å². The van der Waals surface area contributed by atoms with E-state index in [1.165, 1.54) is 7.11 Å². The number of fused-ring (bicyclic) bond motifs is 1. The zero-order valence-corrected chi connectivity index (χ0v) is 9.27. The van der Waals surface area contributed by atoms with Gasteiger partial charge in [-0.25, -0.2) is 4.79 Å². The van der Waals surface area contributed by atoms with Gasteiger partial charge in [0.2, 0.25) is 5.91 Å². The number of aliphatic imine (C=N–C) groups is 1. The SMILES string of the molecule is COC(=O)[C@@H]1CC(=O)N=C2C=CC(Cl)=CN21. The number of allylic oxidation sites excluding steroid dienone is 2. The number of esters is 1. The minimum Gasteiger partial charge on any atom is -0.467 e. The van der Waals surface area contributed by atoms with Crippen molar-refractivity contribution < 1.29 is 14.3 Å². The van der Waals surface area contributed by atoms with E-state index >= 15 is 0 Å². The number of carbonyl (C=O) groups excluding carboxylic acids is 2. The molecule has 0 fully saturated rings. The summed E-state index contributed by atoms with van der Waals surface area (Å²) in [5.41, 5.74) is 0. The fraction of sp³-hybridized carbons (Fsp3) is 0.300. The van der Waals surface area contributed by atoms with Crippen LogP contribution >= 0.6 is 11.6 Å². The minimum absolute atomic E-state index is 0.00465. The van der Waals surface area contributed by atoms with Crippen molar-refractivity contribution in [2.24, 2.45) is 4.99 Å². The second kappa shape index (κ2) is 4.09. The quantitative estimate of drug-likeness (QED) is 0.637. The van der Waals surface area contributed by atoms with Crippen molar-refractivity contribution >= 4 is 29.3 Å². The number of halogens is 1. The Hall–Kier alpha value is -1.62. The molecule has 2 rings (SSSR count). The number of carbonyl (C=O) groups is 2. The van der Waals surface area contributed by atoms with E-state index < -0.39 is 12.0 Å². The zero-order valence-electron chi connectivity index (χ0n) is 8.51. The lowest BCUT2D eigenvalue weighted by Gasteiger charge is -2.32. The molecule has 0 aromatic heterocycles. The monoisotopic (exact) mass is 240 g/mol. The molecule has 84 valence electrons. The van der Waals surface area contributed by atoms with E-state index in [0.29, 0.717) is 10.9 Å². The average molecular weight is 241 g/mol. The van der Waals surface area contributed by atoms with Crippen LogP contribution in [0.3, 0.4) is 0 Å². The predicted molar refractivity (Wildman–Crippen MR) is 57.8 cm³/mol. The van der Waals surface area contributed by atoms with Gasteiger partial charge in [0.05, 0.1) is 18.6 Å². The smallest absolute Gasteiger partial charge is 0.329 e. The highest BCUT2D eigenvalue weighted by Crippen LogP contribution is 2.22. The van der Waals surface area contributed by atoms with Gasteiger partial charge in [-0.05, 0) is 12.2 Å². The first-order chi connectivity index (χ1) is 7.61. The van der Waals surface area contributed by atoms with Crippen molar-refractivity contribution in [2.45, 2.75) is 12.5 Å². The summed E-state index contributed by atoms with van der Waals surface area (Å²) in [6.45, 7) is 0. The predicted octanol–water partition coefficient (Wildman–Crippen LogP) is 0.809. The molecule has 0 bridgehead atoms. The second-order valence-corrected chi connectivity index (χ2v) is 3.80. The maximum Gasteiger partial charge on any atom is 0.329 e. The fourth-order valence-electron chi connectivity index (χ4n) is 1.60. The molecule has 1 atom stereocenters. The van der Waals surface area contributed by atoms with E-state index in [0.717, 1.165) is 0 Å². The van der Waals surface area contributed by atoms with Gasteiger partial charge in [-0.2, -0.15) is 4.99 Å².